The van der Waals surface area contributed by atoms with E-state index in [0.717, 1.165) is 17.2 Å². The molecule has 6 heteroatoms. The molecule has 96 valence electrons. The van der Waals surface area contributed by atoms with Crippen LogP contribution in [0.5, 0.6) is 0 Å². The number of nitrogens with zero attached hydrogens (tertiary/aromatic N) is 3. The summed E-state index contributed by atoms with van der Waals surface area (Å²) < 4.78 is 0. The number of rotatable bonds is 0. The van der Waals surface area contributed by atoms with Crippen molar-refractivity contribution in [1.82, 2.24) is 30.1 Å². The van der Waals surface area contributed by atoms with Crippen LogP contribution < -0.4 is 0 Å². The molecule has 0 fully saturated rings. The molecule has 0 spiro atoms. The van der Waals surface area contributed by atoms with Gasteiger partial charge in [0.1, 0.15) is 5.82 Å². The highest BCUT2D eigenvalue weighted by Gasteiger charge is 1.74. The second-order valence-electron chi connectivity index (χ2n) is 3.65. The van der Waals surface area contributed by atoms with Crippen LogP contribution in [0.25, 0.3) is 0 Å². The Balaban J connectivity index is 0.000000135. The minimum atomic E-state index is 0.968. The summed E-state index contributed by atoms with van der Waals surface area (Å²) in [5.41, 5.74) is 2.21. The van der Waals surface area contributed by atoms with E-state index in [0.29, 0.717) is 0 Å². The Morgan fingerprint density at radius 3 is 2.00 bits per heavy atom. The zero-order valence-corrected chi connectivity index (χ0v) is 10.8. The van der Waals surface area contributed by atoms with E-state index in [9.17, 15) is 0 Å². The molecule has 0 atom stereocenters. The van der Waals surface area contributed by atoms with Crippen molar-refractivity contribution in [1.29, 1.82) is 0 Å². The van der Waals surface area contributed by atoms with Crippen LogP contribution >= 0.6 is 0 Å². The molecule has 0 unspecified atom stereocenters. The van der Waals surface area contributed by atoms with Gasteiger partial charge in [0.25, 0.3) is 0 Å². The molecule has 0 aliphatic carbocycles. The molecule has 3 N–H and O–H groups in total. The fourth-order valence-electron chi connectivity index (χ4n) is 0.995. The van der Waals surface area contributed by atoms with Crippen molar-refractivity contribution in [3.63, 3.8) is 0 Å². The van der Waals surface area contributed by atoms with Crippen molar-refractivity contribution in [2.75, 3.05) is 0 Å². The molecule has 3 aromatic heterocycles. The number of aromatic amines is 3. The Morgan fingerprint density at radius 1 is 1.00 bits per heavy atom. The van der Waals surface area contributed by atoms with Crippen molar-refractivity contribution < 1.29 is 0 Å². The zero-order chi connectivity index (χ0) is 13.2. The Morgan fingerprint density at radius 2 is 1.83 bits per heavy atom. The summed E-state index contributed by atoms with van der Waals surface area (Å²) in [4.78, 5) is 13.4. The fourth-order valence-corrected chi connectivity index (χ4v) is 0.995. The first-order valence-corrected chi connectivity index (χ1v) is 5.55. The third-order valence-corrected chi connectivity index (χ3v) is 1.91. The van der Waals surface area contributed by atoms with Crippen LogP contribution in [0.1, 0.15) is 17.2 Å². The van der Waals surface area contributed by atoms with E-state index in [2.05, 4.69) is 30.1 Å². The van der Waals surface area contributed by atoms with Gasteiger partial charge < -0.3 is 9.97 Å². The average molecular weight is 246 g/mol. The van der Waals surface area contributed by atoms with E-state index < -0.39 is 0 Å². The Kier molecular flexibility index (Phi) is 5.96. The molecule has 3 heterocycles. The summed E-state index contributed by atoms with van der Waals surface area (Å²) in [6.07, 6.45) is 8.70. The lowest BCUT2D eigenvalue weighted by Crippen LogP contribution is -1.66. The predicted molar refractivity (Wildman–Crippen MR) is 70.0 cm³/mol. The fraction of sp³-hybridized carbons (Fsp3) is 0.250. The highest BCUT2D eigenvalue weighted by Crippen LogP contribution is 1.82. The first-order valence-electron chi connectivity index (χ1n) is 5.55. The van der Waals surface area contributed by atoms with Crippen molar-refractivity contribution >= 4 is 0 Å². The Bertz CT molecular complexity index is 404. The second-order valence-corrected chi connectivity index (χ2v) is 3.65. The molecule has 0 aliphatic heterocycles. The highest BCUT2D eigenvalue weighted by atomic mass is 15.1. The standard InChI is InChI=1S/3C4H6N2/c1-4-2-5-3-6-4;1-4-5-2-3-6-4;1-4-2-3-5-6-4/h3*2-3H,1H3,(H,5,6). The molecular formula is C12H18N6. The summed E-state index contributed by atoms with van der Waals surface area (Å²) in [7, 11) is 0. The van der Waals surface area contributed by atoms with E-state index in [1.807, 2.05) is 26.8 Å². The average Bonchev–Trinajstić information content (AvgIpc) is 3.05. The van der Waals surface area contributed by atoms with Gasteiger partial charge in [-0.25, -0.2) is 9.97 Å². The van der Waals surface area contributed by atoms with Gasteiger partial charge in [-0.05, 0) is 26.8 Å². The smallest absolute Gasteiger partial charge is 0.102 e. The van der Waals surface area contributed by atoms with Crippen LogP contribution in [0.15, 0.2) is 37.2 Å². The monoisotopic (exact) mass is 246 g/mol. The molecule has 0 aliphatic rings. The van der Waals surface area contributed by atoms with Crippen LogP contribution in [0, 0.1) is 20.8 Å². The van der Waals surface area contributed by atoms with Crippen molar-refractivity contribution in [3.05, 3.63) is 54.4 Å². The van der Waals surface area contributed by atoms with Crippen LogP contribution in [-0.4, -0.2) is 30.1 Å². The Hall–Kier alpha value is -2.37. The number of imidazole rings is 2. The molecule has 0 saturated heterocycles. The van der Waals surface area contributed by atoms with E-state index in [-0.39, 0.29) is 0 Å². The van der Waals surface area contributed by atoms with Gasteiger partial charge >= 0.3 is 0 Å². The highest BCUT2D eigenvalue weighted by molar-refractivity contribution is 4.92. The van der Waals surface area contributed by atoms with Crippen molar-refractivity contribution in [2.24, 2.45) is 0 Å². The number of nitrogens with one attached hydrogen (secondary N) is 3. The zero-order valence-electron chi connectivity index (χ0n) is 10.8. The first kappa shape index (κ1) is 13.7. The topological polar surface area (TPSA) is 86.0 Å². The minimum Gasteiger partial charge on any atom is -0.349 e. The summed E-state index contributed by atoms with van der Waals surface area (Å²) in [6.45, 7) is 5.85. The van der Waals surface area contributed by atoms with Crippen LogP contribution in [0.3, 0.4) is 0 Å². The summed E-state index contributed by atoms with van der Waals surface area (Å²) in [5, 5.41) is 6.45. The lowest BCUT2D eigenvalue weighted by molar-refractivity contribution is 1.05. The molecule has 0 aromatic carbocycles. The number of hydrogen-bond acceptors (Lipinski definition) is 3. The van der Waals surface area contributed by atoms with Gasteiger partial charge in [0.05, 0.1) is 6.33 Å². The Labute approximate surface area is 106 Å². The van der Waals surface area contributed by atoms with Crippen molar-refractivity contribution in [2.45, 2.75) is 20.8 Å². The molecule has 0 amide bonds. The van der Waals surface area contributed by atoms with Gasteiger partial charge in [-0.1, -0.05) is 0 Å². The van der Waals surface area contributed by atoms with Crippen LogP contribution in [-0.2, 0) is 0 Å². The molecule has 0 saturated carbocycles. The number of hydrogen-bond donors (Lipinski definition) is 3. The number of aryl methyl sites for hydroxylation is 3. The summed E-state index contributed by atoms with van der Waals surface area (Å²) in [5.74, 6) is 0.968. The first-order chi connectivity index (χ1) is 8.68. The maximum Gasteiger partial charge on any atom is 0.102 e. The van der Waals surface area contributed by atoms with Gasteiger partial charge in [-0.15, -0.1) is 0 Å². The summed E-state index contributed by atoms with van der Waals surface area (Å²) in [6, 6.07) is 1.92. The molecule has 3 rings (SSSR count). The van der Waals surface area contributed by atoms with Crippen LogP contribution in [0.2, 0.25) is 0 Å². The number of H-pyrrole nitrogens is 3. The maximum absolute atomic E-state index is 3.86. The largest absolute Gasteiger partial charge is 0.349 e. The second kappa shape index (κ2) is 7.83. The molecule has 0 bridgehead atoms. The molecule has 3 aromatic rings. The molecule has 6 nitrogen and oxygen atoms in total. The van der Waals surface area contributed by atoms with E-state index in [1.165, 1.54) is 0 Å². The van der Waals surface area contributed by atoms with Gasteiger partial charge in [0.2, 0.25) is 0 Å². The minimum absolute atomic E-state index is 0.968. The normalized spacial score (nSPS) is 8.83. The van der Waals surface area contributed by atoms with Crippen LogP contribution in [0.4, 0.5) is 0 Å². The molecular weight excluding hydrogens is 228 g/mol. The molecule has 0 radical (unpaired) electrons. The van der Waals surface area contributed by atoms with Gasteiger partial charge in [0.15, 0.2) is 0 Å². The van der Waals surface area contributed by atoms with Gasteiger partial charge in [-0.2, -0.15) is 5.10 Å². The lowest BCUT2D eigenvalue weighted by atomic mass is 10.5. The predicted octanol–water partition coefficient (Wildman–Crippen LogP) is 2.15. The van der Waals surface area contributed by atoms with E-state index in [1.54, 1.807) is 31.1 Å². The van der Waals surface area contributed by atoms with Crippen molar-refractivity contribution in [3.8, 4) is 0 Å². The lowest BCUT2D eigenvalue weighted by Gasteiger charge is -1.68. The number of aromatic nitrogens is 6. The van der Waals surface area contributed by atoms with E-state index >= 15 is 0 Å². The molecule has 18 heavy (non-hydrogen) atoms. The maximum atomic E-state index is 3.86. The van der Waals surface area contributed by atoms with Gasteiger partial charge in [0, 0.05) is 36.2 Å². The van der Waals surface area contributed by atoms with Gasteiger partial charge in [-0.3, -0.25) is 5.10 Å². The third-order valence-electron chi connectivity index (χ3n) is 1.91. The SMILES string of the molecule is Cc1ccn[nH]1.Cc1cnc[nH]1.Cc1ncc[nH]1. The van der Waals surface area contributed by atoms with E-state index in [4.69, 9.17) is 0 Å². The quantitative estimate of drug-likeness (QED) is 0.568. The third kappa shape index (κ3) is 6.26. The summed E-state index contributed by atoms with van der Waals surface area (Å²) >= 11 is 0.